The molecule has 2 unspecified atom stereocenters. The fraction of sp³-hybridized carbons (Fsp3) is 0.421. The van der Waals surface area contributed by atoms with Crippen molar-refractivity contribution in [3.05, 3.63) is 60.0 Å². The predicted molar refractivity (Wildman–Crippen MR) is 106 cm³/mol. The van der Waals surface area contributed by atoms with E-state index in [0.29, 0.717) is 0 Å². The maximum absolute atomic E-state index is 4.32. The molecule has 0 fully saturated rings. The first-order valence-electron chi connectivity index (χ1n) is 8.25. The van der Waals surface area contributed by atoms with Gasteiger partial charge >= 0.3 is 0 Å². The van der Waals surface area contributed by atoms with Gasteiger partial charge in [-0.3, -0.25) is 0 Å². The van der Waals surface area contributed by atoms with Crippen molar-refractivity contribution >= 4 is 14.4 Å². The van der Waals surface area contributed by atoms with E-state index < -0.39 is 0 Å². The summed E-state index contributed by atoms with van der Waals surface area (Å²) >= 11 is 0. The summed E-state index contributed by atoms with van der Waals surface area (Å²) in [5.74, 6) is 0.907. The van der Waals surface area contributed by atoms with Crippen LogP contribution in [0.2, 0.25) is 0 Å². The van der Waals surface area contributed by atoms with Crippen LogP contribution < -0.4 is 10.6 Å². The van der Waals surface area contributed by atoms with Crippen LogP contribution in [-0.2, 0) is 0 Å². The first kappa shape index (κ1) is 19.4. The zero-order chi connectivity index (χ0) is 17.3. The standard InChI is InChI=1S/C17H24N3P.C2H6/c1-5-13(11-19-15-9-7-8-10-18-15)16-14(6-2)20-12-17(16,3)21-4;1-2/h5-10,20-21H,2,11-12H2,1,3-4H3,(H,18,19);1-2H3/b13-5-;. The molecule has 2 rings (SSSR count). The number of aromatic nitrogens is 1. The Bertz CT molecular complexity index is 563. The molecule has 0 spiro atoms. The lowest BCUT2D eigenvalue weighted by Crippen LogP contribution is -2.27. The Hall–Kier alpha value is -1.60. The third kappa shape index (κ3) is 4.68. The second-order valence-corrected chi connectivity index (χ2v) is 6.91. The lowest BCUT2D eigenvalue weighted by molar-refractivity contribution is 0.740. The Kier molecular flexibility index (Phi) is 8.05. The summed E-state index contributed by atoms with van der Waals surface area (Å²) in [6, 6.07) is 5.91. The molecule has 1 aromatic heterocycles. The third-order valence-electron chi connectivity index (χ3n) is 4.00. The van der Waals surface area contributed by atoms with Crippen molar-refractivity contribution < 1.29 is 0 Å². The Morgan fingerprint density at radius 2 is 2.22 bits per heavy atom. The van der Waals surface area contributed by atoms with E-state index in [0.717, 1.165) is 27.5 Å². The van der Waals surface area contributed by atoms with E-state index in [9.17, 15) is 0 Å². The van der Waals surface area contributed by atoms with Gasteiger partial charge in [-0.25, -0.2) is 4.98 Å². The van der Waals surface area contributed by atoms with Crippen LogP contribution in [0.5, 0.6) is 0 Å². The fourth-order valence-electron chi connectivity index (χ4n) is 2.65. The molecule has 1 aliphatic heterocycles. The molecule has 2 atom stereocenters. The van der Waals surface area contributed by atoms with Crippen molar-refractivity contribution in [2.24, 2.45) is 0 Å². The maximum atomic E-state index is 4.32. The topological polar surface area (TPSA) is 37.0 Å². The zero-order valence-electron chi connectivity index (χ0n) is 15.0. The summed E-state index contributed by atoms with van der Waals surface area (Å²) in [5.41, 5.74) is 3.88. The van der Waals surface area contributed by atoms with Crippen molar-refractivity contribution in [2.75, 3.05) is 25.1 Å². The molecule has 0 saturated heterocycles. The van der Waals surface area contributed by atoms with Crippen LogP contribution in [0.3, 0.4) is 0 Å². The molecule has 126 valence electrons. The minimum atomic E-state index is 0.192. The van der Waals surface area contributed by atoms with Gasteiger partial charge in [0.15, 0.2) is 0 Å². The van der Waals surface area contributed by atoms with Gasteiger partial charge in [-0.05, 0) is 42.9 Å². The Balaban J connectivity index is 0.00000127. The maximum Gasteiger partial charge on any atom is 0.126 e. The smallest absolute Gasteiger partial charge is 0.126 e. The number of anilines is 1. The number of rotatable bonds is 6. The summed E-state index contributed by atoms with van der Waals surface area (Å²) in [7, 11) is 0.848. The highest BCUT2D eigenvalue weighted by Crippen LogP contribution is 2.43. The number of hydrogen-bond acceptors (Lipinski definition) is 3. The average Bonchev–Trinajstić information content (AvgIpc) is 2.96. The van der Waals surface area contributed by atoms with Crippen LogP contribution in [-0.4, -0.2) is 29.9 Å². The molecule has 1 aliphatic rings. The molecule has 0 saturated carbocycles. The first-order chi connectivity index (χ1) is 11.1. The number of nitrogens with zero attached hydrogens (tertiary/aromatic N) is 1. The molecule has 0 aliphatic carbocycles. The Morgan fingerprint density at radius 3 is 2.74 bits per heavy atom. The summed E-state index contributed by atoms with van der Waals surface area (Å²) in [4.78, 5) is 4.32. The quantitative estimate of drug-likeness (QED) is 0.749. The van der Waals surface area contributed by atoms with E-state index in [1.54, 1.807) is 6.20 Å². The van der Waals surface area contributed by atoms with Gasteiger partial charge < -0.3 is 10.6 Å². The van der Waals surface area contributed by atoms with E-state index in [1.807, 2.05) is 38.1 Å². The largest absolute Gasteiger partial charge is 0.384 e. The lowest BCUT2D eigenvalue weighted by atomic mass is 9.93. The van der Waals surface area contributed by atoms with Crippen molar-refractivity contribution in [3.63, 3.8) is 0 Å². The van der Waals surface area contributed by atoms with Gasteiger partial charge in [-0.15, -0.1) is 8.58 Å². The monoisotopic (exact) mass is 331 g/mol. The van der Waals surface area contributed by atoms with E-state index in [2.05, 4.69) is 48.8 Å². The molecule has 4 heteroatoms. The summed E-state index contributed by atoms with van der Waals surface area (Å²) in [5, 5.41) is 7.09. The highest BCUT2D eigenvalue weighted by atomic mass is 31.1. The highest BCUT2D eigenvalue weighted by Gasteiger charge is 2.35. The van der Waals surface area contributed by atoms with Crippen molar-refractivity contribution in [1.82, 2.24) is 10.3 Å². The van der Waals surface area contributed by atoms with E-state index >= 15 is 0 Å². The number of nitrogens with one attached hydrogen (secondary N) is 2. The molecule has 0 amide bonds. The van der Waals surface area contributed by atoms with Crippen LogP contribution in [0, 0.1) is 0 Å². The average molecular weight is 331 g/mol. The third-order valence-corrected chi connectivity index (χ3v) is 5.53. The van der Waals surface area contributed by atoms with E-state index in [1.165, 1.54) is 16.8 Å². The number of allylic oxidation sites excluding steroid dienone is 2. The second-order valence-electron chi connectivity index (χ2n) is 5.31. The molecule has 1 aromatic rings. The molecule has 23 heavy (non-hydrogen) atoms. The molecule has 0 radical (unpaired) electrons. The Labute approximate surface area is 143 Å². The molecular formula is C19H30N3P. The highest BCUT2D eigenvalue weighted by molar-refractivity contribution is 7.39. The number of pyridine rings is 1. The van der Waals surface area contributed by atoms with Gasteiger partial charge in [0.2, 0.25) is 0 Å². The molecular weight excluding hydrogens is 301 g/mol. The summed E-state index contributed by atoms with van der Waals surface area (Å²) < 4.78 is 0. The van der Waals surface area contributed by atoms with Crippen molar-refractivity contribution in [1.29, 1.82) is 0 Å². The predicted octanol–water partition coefficient (Wildman–Crippen LogP) is 4.58. The zero-order valence-corrected chi connectivity index (χ0v) is 16.0. The molecule has 2 N–H and O–H groups in total. The van der Waals surface area contributed by atoms with Gasteiger partial charge in [0.25, 0.3) is 0 Å². The minimum Gasteiger partial charge on any atom is -0.384 e. The van der Waals surface area contributed by atoms with Crippen LogP contribution in [0.25, 0.3) is 0 Å². The SMILES string of the molecule is C=CC1=C(/C(=C\C)CNc2ccccn2)C(C)(PC)CN1.CC. The lowest BCUT2D eigenvalue weighted by Gasteiger charge is -2.27. The summed E-state index contributed by atoms with van der Waals surface area (Å²) in [6.45, 7) is 16.4. The van der Waals surface area contributed by atoms with E-state index in [-0.39, 0.29) is 5.16 Å². The van der Waals surface area contributed by atoms with Gasteiger partial charge in [0, 0.05) is 30.1 Å². The summed E-state index contributed by atoms with van der Waals surface area (Å²) in [6.07, 6.45) is 5.94. The molecule has 0 bridgehead atoms. The molecule has 0 aromatic carbocycles. The second kappa shape index (κ2) is 9.52. The molecule has 2 heterocycles. The van der Waals surface area contributed by atoms with Crippen LogP contribution in [0.4, 0.5) is 5.82 Å². The van der Waals surface area contributed by atoms with Gasteiger partial charge in [0.1, 0.15) is 5.82 Å². The van der Waals surface area contributed by atoms with Crippen LogP contribution >= 0.6 is 8.58 Å². The Morgan fingerprint density at radius 1 is 1.48 bits per heavy atom. The van der Waals surface area contributed by atoms with Crippen molar-refractivity contribution in [3.8, 4) is 0 Å². The normalized spacial score (nSPS) is 21.0. The minimum absolute atomic E-state index is 0.192. The van der Waals surface area contributed by atoms with Gasteiger partial charge in [0.05, 0.1) is 0 Å². The van der Waals surface area contributed by atoms with Gasteiger partial charge in [-0.1, -0.05) is 39.5 Å². The fourth-order valence-corrected chi connectivity index (χ4v) is 3.46. The van der Waals surface area contributed by atoms with Crippen molar-refractivity contribution in [2.45, 2.75) is 32.9 Å². The van der Waals surface area contributed by atoms with Crippen LogP contribution in [0.1, 0.15) is 27.7 Å². The van der Waals surface area contributed by atoms with Gasteiger partial charge in [-0.2, -0.15) is 0 Å². The molecule has 3 nitrogen and oxygen atoms in total. The van der Waals surface area contributed by atoms with Crippen LogP contribution in [0.15, 0.2) is 60.0 Å². The first-order valence-corrected chi connectivity index (χ1v) is 9.75. The van der Waals surface area contributed by atoms with E-state index in [4.69, 9.17) is 0 Å². The number of hydrogen-bond donors (Lipinski definition) is 2.